The van der Waals surface area contributed by atoms with E-state index in [9.17, 15) is 23.9 Å². The molecule has 4 rings (SSSR count). The van der Waals surface area contributed by atoms with Crippen LogP contribution >= 0.6 is 0 Å². The van der Waals surface area contributed by atoms with Gasteiger partial charge < -0.3 is 29.5 Å². The number of rotatable bonds is 11. The number of carbonyl (C=O) groups excluding carboxylic acids is 3. The number of alkyl halides is 1. The molecule has 13 heteroatoms. The average molecular weight is 686 g/mol. The van der Waals surface area contributed by atoms with Gasteiger partial charge in [-0.05, 0) is 51.5 Å². The Morgan fingerprint density at radius 2 is 1.76 bits per heavy atom. The number of aliphatic hydroxyl groups excluding tert-OH is 1. The standard InChI is InChI=1S/C36H46F3N5O5/c1-22(45)33(47)44(19-24-18-43(20-28(24)39)34(48)49-35(2,3)4)31(36(5,6)16-30(46)40-7)32-41-29(26-15-25(37)13-14-27(26)38)21-42(32)17-23-11-9-8-10-12-23/h8-15,21-22,24,28,31,45H,16-20H2,1-7H3,(H,40,46). The maximum absolute atomic E-state index is 15.7. The molecule has 0 spiro atoms. The fourth-order valence-corrected chi connectivity index (χ4v) is 6.18. The number of aromatic nitrogens is 2. The van der Waals surface area contributed by atoms with Crippen LogP contribution in [0.5, 0.6) is 0 Å². The van der Waals surface area contributed by atoms with E-state index in [-0.39, 0.29) is 55.6 Å². The summed E-state index contributed by atoms with van der Waals surface area (Å²) in [6, 6.07) is 11.2. The molecular weight excluding hydrogens is 639 g/mol. The Hall–Kier alpha value is -4.39. The molecule has 1 aromatic heterocycles. The van der Waals surface area contributed by atoms with Gasteiger partial charge in [-0.25, -0.2) is 22.9 Å². The van der Waals surface area contributed by atoms with Gasteiger partial charge in [0.15, 0.2) is 0 Å². The van der Waals surface area contributed by atoms with Gasteiger partial charge in [0, 0.05) is 56.2 Å². The number of nitrogens with zero attached hydrogens (tertiary/aromatic N) is 4. The van der Waals surface area contributed by atoms with Crippen molar-refractivity contribution in [2.24, 2.45) is 11.3 Å². The van der Waals surface area contributed by atoms with Crippen LogP contribution in [0.1, 0.15) is 65.4 Å². The fraction of sp³-hybridized carbons (Fsp3) is 0.500. The second-order valence-electron chi connectivity index (χ2n) is 14.3. The number of hydrogen-bond acceptors (Lipinski definition) is 6. The summed E-state index contributed by atoms with van der Waals surface area (Å²) in [5.41, 5.74) is -1.13. The molecule has 266 valence electrons. The SMILES string of the molecule is CNC(=O)CC(C)(C)C(c1nc(-c2cc(F)ccc2F)cn1Cc1ccccc1)N(CC1CN(C(=O)OC(C)(C)C)CC1F)C(=O)C(C)O. The third-order valence-corrected chi connectivity index (χ3v) is 8.48. The zero-order chi connectivity index (χ0) is 36.3. The molecule has 3 amide bonds. The summed E-state index contributed by atoms with van der Waals surface area (Å²) in [6.07, 6.45) is -2.33. The quantitative estimate of drug-likeness (QED) is 0.276. The molecule has 2 N–H and O–H groups in total. The highest BCUT2D eigenvalue weighted by Gasteiger charge is 2.46. The smallest absolute Gasteiger partial charge is 0.410 e. The molecule has 2 heterocycles. The highest BCUT2D eigenvalue weighted by Crippen LogP contribution is 2.43. The van der Waals surface area contributed by atoms with Gasteiger partial charge in [-0.1, -0.05) is 44.2 Å². The van der Waals surface area contributed by atoms with Gasteiger partial charge in [0.25, 0.3) is 5.91 Å². The number of imidazole rings is 1. The van der Waals surface area contributed by atoms with Crippen LogP contribution in [0.3, 0.4) is 0 Å². The van der Waals surface area contributed by atoms with Gasteiger partial charge in [-0.15, -0.1) is 0 Å². The van der Waals surface area contributed by atoms with Gasteiger partial charge in [-0.3, -0.25) is 9.59 Å². The summed E-state index contributed by atoms with van der Waals surface area (Å²) in [6.45, 7) is 9.50. The van der Waals surface area contributed by atoms with Crippen molar-refractivity contribution in [3.8, 4) is 11.3 Å². The van der Waals surface area contributed by atoms with Crippen molar-refractivity contribution in [3.05, 3.63) is 77.8 Å². The third kappa shape index (κ3) is 9.20. The summed E-state index contributed by atoms with van der Waals surface area (Å²) in [7, 11) is 1.48. The second-order valence-corrected chi connectivity index (χ2v) is 14.3. The van der Waals surface area contributed by atoms with Crippen LogP contribution in [-0.4, -0.2) is 86.9 Å². The average Bonchev–Trinajstić information content (AvgIpc) is 3.59. The van der Waals surface area contributed by atoms with E-state index >= 15 is 8.78 Å². The number of carbonyl (C=O) groups is 3. The highest BCUT2D eigenvalue weighted by molar-refractivity contribution is 5.81. The van der Waals surface area contributed by atoms with E-state index in [4.69, 9.17) is 9.72 Å². The van der Waals surface area contributed by atoms with E-state index in [1.807, 2.05) is 30.3 Å². The van der Waals surface area contributed by atoms with Gasteiger partial charge in [0.1, 0.15) is 35.3 Å². The van der Waals surface area contributed by atoms with Crippen LogP contribution in [0, 0.1) is 23.0 Å². The largest absolute Gasteiger partial charge is 0.444 e. The second kappa shape index (κ2) is 15.0. The molecule has 0 saturated carbocycles. The van der Waals surface area contributed by atoms with Crippen LogP contribution < -0.4 is 5.32 Å². The van der Waals surface area contributed by atoms with E-state index < -0.39 is 58.9 Å². The zero-order valence-electron chi connectivity index (χ0n) is 29.0. The zero-order valence-corrected chi connectivity index (χ0v) is 29.0. The third-order valence-electron chi connectivity index (χ3n) is 8.48. The molecule has 0 radical (unpaired) electrons. The lowest BCUT2D eigenvalue weighted by Gasteiger charge is -2.43. The molecule has 10 nitrogen and oxygen atoms in total. The molecule has 49 heavy (non-hydrogen) atoms. The summed E-state index contributed by atoms with van der Waals surface area (Å²) < 4.78 is 52.4. The van der Waals surface area contributed by atoms with E-state index in [1.54, 1.807) is 45.4 Å². The van der Waals surface area contributed by atoms with E-state index in [2.05, 4.69) is 5.32 Å². The fourth-order valence-electron chi connectivity index (χ4n) is 6.18. The van der Waals surface area contributed by atoms with Crippen molar-refractivity contribution in [1.82, 2.24) is 24.7 Å². The number of amides is 3. The molecular formula is C36H46F3N5O5. The molecule has 1 aliphatic rings. The van der Waals surface area contributed by atoms with Crippen LogP contribution in [0.15, 0.2) is 54.7 Å². The van der Waals surface area contributed by atoms with Crippen molar-refractivity contribution in [2.75, 3.05) is 26.7 Å². The number of aliphatic hydroxyl groups is 1. The Kier molecular flexibility index (Phi) is 11.5. The number of ether oxygens (including phenoxy) is 1. The molecule has 1 fully saturated rings. The summed E-state index contributed by atoms with van der Waals surface area (Å²) in [5.74, 6) is -3.18. The maximum Gasteiger partial charge on any atom is 0.410 e. The Morgan fingerprint density at radius 1 is 1.08 bits per heavy atom. The van der Waals surface area contributed by atoms with Gasteiger partial charge in [0.05, 0.1) is 18.3 Å². The topological polar surface area (TPSA) is 117 Å². The molecule has 1 saturated heterocycles. The highest BCUT2D eigenvalue weighted by atomic mass is 19.1. The number of likely N-dealkylation sites (tertiary alicyclic amines) is 1. The first kappa shape index (κ1) is 37.4. The first-order chi connectivity index (χ1) is 22.9. The van der Waals surface area contributed by atoms with Crippen LogP contribution in [0.25, 0.3) is 11.3 Å². The van der Waals surface area contributed by atoms with E-state index in [0.717, 1.165) is 23.8 Å². The lowest BCUT2D eigenvalue weighted by molar-refractivity contribution is -0.147. The van der Waals surface area contributed by atoms with Crippen molar-refractivity contribution in [2.45, 2.75) is 78.4 Å². The first-order valence-electron chi connectivity index (χ1n) is 16.3. The molecule has 2 aromatic carbocycles. The number of halogens is 3. The Bertz CT molecular complexity index is 1640. The molecule has 1 aliphatic heterocycles. The molecule has 4 unspecified atom stereocenters. The monoisotopic (exact) mass is 685 g/mol. The number of hydrogen-bond donors (Lipinski definition) is 2. The van der Waals surface area contributed by atoms with Gasteiger partial charge in [0.2, 0.25) is 5.91 Å². The predicted molar refractivity (Wildman–Crippen MR) is 178 cm³/mol. The van der Waals surface area contributed by atoms with Crippen LogP contribution in [0.4, 0.5) is 18.0 Å². The lowest BCUT2D eigenvalue weighted by Crippen LogP contribution is -2.50. The Labute approximate surface area is 285 Å². The summed E-state index contributed by atoms with van der Waals surface area (Å²) >= 11 is 0. The Balaban J connectivity index is 1.89. The molecule has 3 aromatic rings. The minimum absolute atomic E-state index is 0.0690. The van der Waals surface area contributed by atoms with E-state index in [1.165, 1.54) is 23.8 Å². The van der Waals surface area contributed by atoms with Crippen LogP contribution in [0.2, 0.25) is 0 Å². The number of nitrogens with one attached hydrogen (secondary N) is 1. The normalized spacial score (nSPS) is 17.8. The summed E-state index contributed by atoms with van der Waals surface area (Å²) in [4.78, 5) is 47.1. The molecule has 0 bridgehead atoms. The minimum atomic E-state index is -1.54. The van der Waals surface area contributed by atoms with Crippen molar-refractivity contribution >= 4 is 17.9 Å². The minimum Gasteiger partial charge on any atom is -0.444 e. The number of benzene rings is 2. The van der Waals surface area contributed by atoms with Crippen molar-refractivity contribution in [1.29, 1.82) is 0 Å². The van der Waals surface area contributed by atoms with Crippen molar-refractivity contribution in [3.63, 3.8) is 0 Å². The van der Waals surface area contributed by atoms with E-state index in [0.29, 0.717) is 0 Å². The molecule has 4 atom stereocenters. The molecule has 0 aliphatic carbocycles. The van der Waals surface area contributed by atoms with Gasteiger partial charge >= 0.3 is 6.09 Å². The first-order valence-corrected chi connectivity index (χ1v) is 16.3. The Morgan fingerprint density at radius 3 is 2.37 bits per heavy atom. The lowest BCUT2D eigenvalue weighted by atomic mass is 9.78. The predicted octanol–water partition coefficient (Wildman–Crippen LogP) is 5.49. The van der Waals surface area contributed by atoms with Crippen molar-refractivity contribution < 1.29 is 37.4 Å². The maximum atomic E-state index is 15.7. The summed E-state index contributed by atoms with van der Waals surface area (Å²) in [5, 5.41) is 13.3. The van der Waals surface area contributed by atoms with Gasteiger partial charge in [-0.2, -0.15) is 0 Å². The van der Waals surface area contributed by atoms with Crippen LogP contribution in [-0.2, 0) is 20.9 Å².